The lowest BCUT2D eigenvalue weighted by atomic mass is 9.89. The van der Waals surface area contributed by atoms with Crippen LogP contribution < -0.4 is 9.80 Å². The lowest BCUT2D eigenvalue weighted by Gasteiger charge is -2.19. The van der Waals surface area contributed by atoms with Crippen molar-refractivity contribution < 1.29 is 9.90 Å². The second-order valence-corrected chi connectivity index (χ2v) is 9.62. The summed E-state index contributed by atoms with van der Waals surface area (Å²) in [5.41, 5.74) is 5.95. The fourth-order valence-electron chi connectivity index (χ4n) is 5.27. The number of rotatable bonds is 6. The van der Waals surface area contributed by atoms with E-state index in [1.54, 1.807) is 6.08 Å². The van der Waals surface area contributed by atoms with Crippen molar-refractivity contribution in [3.63, 3.8) is 0 Å². The Morgan fingerprint density at radius 2 is 1.24 bits per heavy atom. The number of anilines is 2. The molecule has 0 spiro atoms. The van der Waals surface area contributed by atoms with Crippen molar-refractivity contribution in [2.24, 2.45) is 0 Å². The maximum absolute atomic E-state index is 12.9. The third-order valence-electron chi connectivity index (χ3n) is 7.26. The molecule has 0 amide bonds. The molecule has 0 saturated carbocycles. The zero-order valence-electron chi connectivity index (χ0n) is 19.9. The number of carbonyl (C=O) groups excluding carboxylic acids is 1. The molecule has 2 fully saturated rings. The third kappa shape index (κ3) is 5.11. The Bertz CT molecular complexity index is 1100. The predicted octanol–water partition coefficient (Wildman–Crippen LogP) is 6.55. The van der Waals surface area contributed by atoms with E-state index in [1.807, 2.05) is 12.2 Å². The van der Waals surface area contributed by atoms with Crippen molar-refractivity contribution in [1.82, 2.24) is 0 Å². The Morgan fingerprint density at radius 3 is 1.79 bits per heavy atom. The van der Waals surface area contributed by atoms with Crippen LogP contribution in [0, 0.1) is 0 Å². The Kier molecular flexibility index (Phi) is 6.84. The first-order valence-electron chi connectivity index (χ1n) is 12.7. The molecule has 2 saturated heterocycles. The second kappa shape index (κ2) is 10.3. The number of nitrogens with zero attached hydrogens (tertiary/aromatic N) is 2. The minimum absolute atomic E-state index is 0.101. The van der Waals surface area contributed by atoms with E-state index in [2.05, 4.69) is 58.3 Å². The lowest BCUT2D eigenvalue weighted by molar-refractivity contribution is -0.111. The molecular weight excluding hydrogens is 420 g/mol. The van der Waals surface area contributed by atoms with E-state index in [4.69, 9.17) is 0 Å². The van der Waals surface area contributed by atoms with E-state index in [9.17, 15) is 9.90 Å². The van der Waals surface area contributed by atoms with Crippen molar-refractivity contribution in [3.8, 4) is 0 Å². The smallest absolute Gasteiger partial charge is 0.185 e. The summed E-state index contributed by atoms with van der Waals surface area (Å²) in [7, 11) is 0. The first-order chi connectivity index (χ1) is 16.7. The van der Waals surface area contributed by atoms with Gasteiger partial charge in [-0.1, -0.05) is 30.3 Å². The average Bonchev–Trinajstić information content (AvgIpc) is 3.60. The molecule has 0 unspecified atom stereocenters. The Morgan fingerprint density at radius 1 is 0.706 bits per heavy atom. The van der Waals surface area contributed by atoms with Crippen molar-refractivity contribution in [2.45, 2.75) is 44.9 Å². The highest BCUT2D eigenvalue weighted by Gasteiger charge is 2.21. The van der Waals surface area contributed by atoms with Crippen LogP contribution >= 0.6 is 0 Å². The van der Waals surface area contributed by atoms with Gasteiger partial charge in [-0.05, 0) is 98.1 Å². The van der Waals surface area contributed by atoms with Gasteiger partial charge in [-0.15, -0.1) is 0 Å². The fraction of sp³-hybridized carbons (Fsp3) is 0.367. The maximum Gasteiger partial charge on any atom is 0.185 e. The van der Waals surface area contributed by atoms with Gasteiger partial charge in [0.25, 0.3) is 0 Å². The Balaban J connectivity index is 1.27. The van der Waals surface area contributed by atoms with Gasteiger partial charge in [0, 0.05) is 43.1 Å². The highest BCUT2D eigenvalue weighted by Crippen LogP contribution is 2.31. The largest absolute Gasteiger partial charge is 0.507 e. The van der Waals surface area contributed by atoms with Crippen LogP contribution in [0.1, 0.15) is 56.1 Å². The number of ketones is 1. The van der Waals surface area contributed by atoms with Crippen molar-refractivity contribution in [2.75, 3.05) is 36.0 Å². The summed E-state index contributed by atoms with van der Waals surface area (Å²) in [6.07, 6.45) is 12.8. The van der Waals surface area contributed by atoms with Gasteiger partial charge in [-0.25, -0.2) is 0 Å². The number of hydrogen-bond acceptors (Lipinski definition) is 4. The van der Waals surface area contributed by atoms with Gasteiger partial charge in [0.2, 0.25) is 0 Å². The summed E-state index contributed by atoms with van der Waals surface area (Å²) in [6.45, 7) is 4.51. The molecule has 1 aliphatic carbocycles. The fourth-order valence-corrected chi connectivity index (χ4v) is 5.27. The molecule has 2 aromatic rings. The lowest BCUT2D eigenvalue weighted by Crippen LogP contribution is -2.17. The molecule has 0 atom stereocenters. The molecule has 2 aromatic carbocycles. The predicted molar refractivity (Wildman–Crippen MR) is 141 cm³/mol. The van der Waals surface area contributed by atoms with Crippen LogP contribution in [-0.4, -0.2) is 37.1 Å². The van der Waals surface area contributed by atoms with Gasteiger partial charge in [0.1, 0.15) is 5.76 Å². The van der Waals surface area contributed by atoms with E-state index < -0.39 is 0 Å². The number of aliphatic hydroxyl groups is 1. The summed E-state index contributed by atoms with van der Waals surface area (Å²) in [5.74, 6) is 0.0602. The standard InChI is InChI=1S/C30H34N2O2/c33-29(17-12-23-8-13-26(14-9-23)31-18-1-2-19-31)28-7-5-6-25(30(28)34)22-24-10-15-27(16-11-24)32-20-3-4-21-32/h8-17,22,34H,1-7,18-21H2/b17-12+,25-22+. The molecule has 0 radical (unpaired) electrons. The van der Waals surface area contributed by atoms with Gasteiger partial charge in [-0.2, -0.15) is 0 Å². The normalized spacial score (nSPS) is 20.2. The summed E-state index contributed by atoms with van der Waals surface area (Å²) in [4.78, 5) is 17.7. The monoisotopic (exact) mass is 454 g/mol. The van der Waals surface area contributed by atoms with Crippen molar-refractivity contribution in [3.05, 3.63) is 82.6 Å². The number of aliphatic hydroxyl groups excluding tert-OH is 1. The molecule has 4 nitrogen and oxygen atoms in total. The molecule has 4 heteroatoms. The van der Waals surface area contributed by atoms with Gasteiger partial charge in [-0.3, -0.25) is 4.79 Å². The molecule has 0 bridgehead atoms. The Hall–Kier alpha value is -3.27. The molecule has 0 aromatic heterocycles. The van der Waals surface area contributed by atoms with Crippen molar-refractivity contribution >= 4 is 29.3 Å². The van der Waals surface area contributed by atoms with E-state index in [0.29, 0.717) is 12.0 Å². The molecular formula is C30H34N2O2. The first kappa shape index (κ1) is 22.5. The van der Waals surface area contributed by atoms with Gasteiger partial charge in [0.05, 0.1) is 0 Å². The first-order valence-corrected chi connectivity index (χ1v) is 12.7. The Labute approximate surface area is 202 Å². The van der Waals surface area contributed by atoms with E-state index in [-0.39, 0.29) is 11.5 Å². The highest BCUT2D eigenvalue weighted by molar-refractivity contribution is 6.07. The maximum atomic E-state index is 12.9. The summed E-state index contributed by atoms with van der Waals surface area (Å²) in [6, 6.07) is 16.9. The molecule has 1 N–H and O–H groups in total. The van der Waals surface area contributed by atoms with Crippen LogP contribution in [0.5, 0.6) is 0 Å². The van der Waals surface area contributed by atoms with Crippen LogP contribution in [0.25, 0.3) is 12.2 Å². The van der Waals surface area contributed by atoms with Crippen molar-refractivity contribution in [1.29, 1.82) is 0 Å². The van der Waals surface area contributed by atoms with Crippen LogP contribution in [0.3, 0.4) is 0 Å². The van der Waals surface area contributed by atoms with E-state index in [0.717, 1.165) is 55.7 Å². The molecule has 3 aliphatic rings. The molecule has 176 valence electrons. The summed E-state index contributed by atoms with van der Waals surface area (Å²) in [5, 5.41) is 10.9. The van der Waals surface area contributed by atoms with E-state index >= 15 is 0 Å². The SMILES string of the molecule is O=C(/C=C/c1ccc(N2CCCC2)cc1)C1=C(O)/C(=C/c2ccc(N3CCCC3)cc2)CCC1. The minimum atomic E-state index is -0.101. The van der Waals surface area contributed by atoms with Crippen LogP contribution in [-0.2, 0) is 4.79 Å². The zero-order valence-corrected chi connectivity index (χ0v) is 19.9. The zero-order chi connectivity index (χ0) is 23.3. The summed E-state index contributed by atoms with van der Waals surface area (Å²) >= 11 is 0. The number of carbonyl (C=O) groups is 1. The van der Waals surface area contributed by atoms with Gasteiger partial charge in [0.15, 0.2) is 5.78 Å². The highest BCUT2D eigenvalue weighted by atomic mass is 16.3. The third-order valence-corrected chi connectivity index (χ3v) is 7.26. The molecule has 2 heterocycles. The van der Waals surface area contributed by atoms with E-state index in [1.165, 1.54) is 37.1 Å². The number of hydrogen-bond donors (Lipinski definition) is 1. The average molecular weight is 455 g/mol. The van der Waals surface area contributed by atoms with Gasteiger partial charge < -0.3 is 14.9 Å². The molecule has 2 aliphatic heterocycles. The van der Waals surface area contributed by atoms with Crippen LogP contribution in [0.2, 0.25) is 0 Å². The summed E-state index contributed by atoms with van der Waals surface area (Å²) < 4.78 is 0. The van der Waals surface area contributed by atoms with Crippen LogP contribution in [0.15, 0.2) is 71.5 Å². The second-order valence-electron chi connectivity index (χ2n) is 9.62. The minimum Gasteiger partial charge on any atom is -0.507 e. The molecule has 5 rings (SSSR count). The number of benzene rings is 2. The molecule has 34 heavy (non-hydrogen) atoms. The van der Waals surface area contributed by atoms with Crippen LogP contribution in [0.4, 0.5) is 11.4 Å². The topological polar surface area (TPSA) is 43.8 Å². The quantitative estimate of drug-likeness (QED) is 0.503. The van der Waals surface area contributed by atoms with Gasteiger partial charge >= 0.3 is 0 Å². The number of allylic oxidation sites excluding steroid dienone is 3.